The second-order valence-electron chi connectivity index (χ2n) is 5.53. The minimum Gasteiger partial charge on any atom is -0.478 e. The molecule has 5 heteroatoms. The minimum atomic E-state index is -0.899. The van der Waals surface area contributed by atoms with Gasteiger partial charge in [0.25, 0.3) is 0 Å². The van der Waals surface area contributed by atoms with Gasteiger partial charge < -0.3 is 9.67 Å². The van der Waals surface area contributed by atoms with E-state index in [1.54, 1.807) is 12.1 Å². The van der Waals surface area contributed by atoms with Gasteiger partial charge in [0.1, 0.15) is 5.82 Å². The van der Waals surface area contributed by atoms with Crippen LogP contribution in [0, 0.1) is 6.92 Å². The number of carbonyl (C=O) groups is 1. The van der Waals surface area contributed by atoms with Crippen LogP contribution in [0.2, 0.25) is 0 Å². The van der Waals surface area contributed by atoms with Crippen molar-refractivity contribution in [1.29, 1.82) is 0 Å². The molecule has 1 aromatic carbocycles. The first-order valence-corrected chi connectivity index (χ1v) is 8.50. The quantitative estimate of drug-likeness (QED) is 0.931. The number of fused-ring (bicyclic) bond motifs is 1. The van der Waals surface area contributed by atoms with Crippen molar-refractivity contribution in [2.24, 2.45) is 0 Å². The number of hydrogen-bond donors (Lipinski definition) is 1. The van der Waals surface area contributed by atoms with Crippen molar-refractivity contribution in [2.45, 2.75) is 44.4 Å². The number of nitrogens with zero attached hydrogens (tertiary/aromatic N) is 2. The summed E-state index contributed by atoms with van der Waals surface area (Å²) in [7, 11) is 0. The molecule has 0 spiro atoms. The molecule has 2 unspecified atom stereocenters. The van der Waals surface area contributed by atoms with Crippen LogP contribution in [0.3, 0.4) is 0 Å². The number of benzene rings is 1. The monoisotopic (exact) mass is 304 g/mol. The Bertz CT molecular complexity index is 680. The predicted octanol–water partition coefficient (Wildman–Crippen LogP) is 3.89. The van der Waals surface area contributed by atoms with E-state index >= 15 is 0 Å². The molecule has 2 aromatic rings. The Labute approximate surface area is 128 Å². The Morgan fingerprint density at radius 2 is 2.29 bits per heavy atom. The van der Waals surface area contributed by atoms with E-state index in [0.29, 0.717) is 16.9 Å². The standard InChI is InChI=1S/C16H20N2O2S/c1-3-21-15-6-4-5-14(15)18-10(2)17-12-9-11(16(19)20)7-8-13(12)18/h7-9,14-15H,3-6H2,1-2H3,(H,19,20). The number of carboxylic acid groups (broad SMARTS) is 1. The van der Waals surface area contributed by atoms with Crippen LogP contribution >= 0.6 is 11.8 Å². The van der Waals surface area contributed by atoms with Crippen LogP contribution in [0.1, 0.15) is 48.4 Å². The Balaban J connectivity index is 2.06. The van der Waals surface area contributed by atoms with Gasteiger partial charge in [0.2, 0.25) is 0 Å². The van der Waals surface area contributed by atoms with Crippen molar-refractivity contribution in [3.63, 3.8) is 0 Å². The number of hydrogen-bond acceptors (Lipinski definition) is 3. The molecule has 0 amide bonds. The van der Waals surface area contributed by atoms with Crippen LogP contribution in [0.25, 0.3) is 11.0 Å². The highest BCUT2D eigenvalue weighted by Crippen LogP contribution is 2.40. The van der Waals surface area contributed by atoms with Gasteiger partial charge in [0.15, 0.2) is 0 Å². The third kappa shape index (κ3) is 2.55. The van der Waals surface area contributed by atoms with E-state index in [1.807, 2.05) is 24.8 Å². The van der Waals surface area contributed by atoms with Gasteiger partial charge in [-0.15, -0.1) is 0 Å². The van der Waals surface area contributed by atoms with Crippen LogP contribution in [0.5, 0.6) is 0 Å². The number of aromatic carboxylic acids is 1. The second-order valence-corrected chi connectivity index (χ2v) is 7.05. The van der Waals surface area contributed by atoms with Crippen molar-refractivity contribution < 1.29 is 9.90 Å². The molecule has 1 aliphatic rings. The van der Waals surface area contributed by atoms with Gasteiger partial charge in [-0.05, 0) is 43.7 Å². The molecule has 1 aliphatic carbocycles. The fourth-order valence-corrected chi connectivity index (χ4v) is 4.62. The maximum Gasteiger partial charge on any atom is 0.335 e. The molecule has 112 valence electrons. The van der Waals surface area contributed by atoms with Crippen molar-refractivity contribution in [3.05, 3.63) is 29.6 Å². The molecule has 1 saturated carbocycles. The average Bonchev–Trinajstić information content (AvgIpc) is 3.01. The van der Waals surface area contributed by atoms with Gasteiger partial charge >= 0.3 is 5.97 Å². The van der Waals surface area contributed by atoms with Gasteiger partial charge in [0, 0.05) is 11.3 Å². The Morgan fingerprint density at radius 1 is 1.48 bits per heavy atom. The zero-order chi connectivity index (χ0) is 15.0. The smallest absolute Gasteiger partial charge is 0.335 e. The van der Waals surface area contributed by atoms with E-state index in [4.69, 9.17) is 5.11 Å². The maximum atomic E-state index is 11.1. The first-order valence-electron chi connectivity index (χ1n) is 7.45. The van der Waals surface area contributed by atoms with Crippen molar-refractivity contribution in [1.82, 2.24) is 9.55 Å². The van der Waals surface area contributed by atoms with E-state index in [0.717, 1.165) is 22.6 Å². The number of aromatic nitrogens is 2. The van der Waals surface area contributed by atoms with Crippen molar-refractivity contribution in [3.8, 4) is 0 Å². The number of imidazole rings is 1. The van der Waals surface area contributed by atoms with Crippen LogP contribution in [0.4, 0.5) is 0 Å². The van der Waals surface area contributed by atoms with E-state index in [1.165, 1.54) is 19.3 Å². The average molecular weight is 304 g/mol. The Morgan fingerprint density at radius 3 is 3.00 bits per heavy atom. The van der Waals surface area contributed by atoms with Crippen molar-refractivity contribution in [2.75, 3.05) is 5.75 Å². The summed E-state index contributed by atoms with van der Waals surface area (Å²) in [6.45, 7) is 4.23. The maximum absolute atomic E-state index is 11.1. The van der Waals surface area contributed by atoms with Crippen LogP contribution in [-0.2, 0) is 0 Å². The van der Waals surface area contributed by atoms with E-state index < -0.39 is 5.97 Å². The zero-order valence-electron chi connectivity index (χ0n) is 12.4. The molecule has 0 bridgehead atoms. The van der Waals surface area contributed by atoms with Gasteiger partial charge in [-0.1, -0.05) is 13.3 Å². The van der Waals surface area contributed by atoms with E-state index in [-0.39, 0.29) is 0 Å². The molecule has 21 heavy (non-hydrogen) atoms. The molecule has 0 saturated heterocycles. The van der Waals surface area contributed by atoms with E-state index in [9.17, 15) is 4.79 Å². The molecular weight excluding hydrogens is 284 g/mol. The second kappa shape index (κ2) is 5.72. The first kappa shape index (κ1) is 14.4. The molecule has 0 radical (unpaired) electrons. The molecular formula is C16H20N2O2S. The summed E-state index contributed by atoms with van der Waals surface area (Å²) in [5, 5.41) is 9.75. The zero-order valence-corrected chi connectivity index (χ0v) is 13.2. The SMILES string of the molecule is CCSC1CCCC1n1c(C)nc2cc(C(=O)O)ccc21. The third-order valence-corrected chi connectivity index (χ3v) is 5.55. The summed E-state index contributed by atoms with van der Waals surface area (Å²) in [5.41, 5.74) is 2.16. The molecule has 1 fully saturated rings. The predicted molar refractivity (Wildman–Crippen MR) is 86.2 cm³/mol. The van der Waals surface area contributed by atoms with Gasteiger partial charge in [-0.2, -0.15) is 11.8 Å². The normalized spacial score (nSPS) is 22.0. The Hall–Kier alpha value is -1.49. The molecule has 1 heterocycles. The molecule has 3 rings (SSSR count). The minimum absolute atomic E-state index is 0.304. The lowest BCUT2D eigenvalue weighted by Crippen LogP contribution is -2.17. The molecule has 0 aliphatic heterocycles. The summed E-state index contributed by atoms with van der Waals surface area (Å²) >= 11 is 2.03. The molecule has 1 aromatic heterocycles. The summed E-state index contributed by atoms with van der Waals surface area (Å²) in [6, 6.07) is 5.75. The lowest BCUT2D eigenvalue weighted by atomic mass is 10.2. The van der Waals surface area contributed by atoms with Gasteiger partial charge in [-0.25, -0.2) is 9.78 Å². The summed E-state index contributed by atoms with van der Waals surface area (Å²) in [4.78, 5) is 15.7. The van der Waals surface area contributed by atoms with Crippen LogP contribution in [-0.4, -0.2) is 31.6 Å². The summed E-state index contributed by atoms with van der Waals surface area (Å²) < 4.78 is 2.32. The lowest BCUT2D eigenvalue weighted by Gasteiger charge is -2.22. The topological polar surface area (TPSA) is 55.1 Å². The molecule has 4 nitrogen and oxygen atoms in total. The van der Waals surface area contributed by atoms with Crippen molar-refractivity contribution >= 4 is 28.8 Å². The fraction of sp³-hybridized carbons (Fsp3) is 0.500. The lowest BCUT2D eigenvalue weighted by molar-refractivity contribution is 0.0697. The molecule has 1 N–H and O–H groups in total. The number of aryl methyl sites for hydroxylation is 1. The molecule has 2 atom stereocenters. The van der Waals surface area contributed by atoms with Crippen LogP contribution in [0.15, 0.2) is 18.2 Å². The number of rotatable bonds is 4. The van der Waals surface area contributed by atoms with Crippen LogP contribution < -0.4 is 0 Å². The highest BCUT2D eigenvalue weighted by Gasteiger charge is 2.30. The highest BCUT2D eigenvalue weighted by atomic mass is 32.2. The highest BCUT2D eigenvalue weighted by molar-refractivity contribution is 7.99. The van der Waals surface area contributed by atoms with E-state index in [2.05, 4.69) is 16.5 Å². The Kier molecular flexibility index (Phi) is 3.93. The largest absolute Gasteiger partial charge is 0.478 e. The summed E-state index contributed by atoms with van der Waals surface area (Å²) in [5.74, 6) is 1.22. The number of carboxylic acids is 1. The third-order valence-electron chi connectivity index (χ3n) is 4.24. The summed E-state index contributed by atoms with van der Waals surface area (Å²) in [6.07, 6.45) is 3.70. The fourth-order valence-electron chi connectivity index (χ4n) is 3.38. The van der Waals surface area contributed by atoms with Gasteiger partial charge in [-0.3, -0.25) is 0 Å². The van der Waals surface area contributed by atoms with Gasteiger partial charge in [0.05, 0.1) is 16.6 Å². The first-order chi connectivity index (χ1) is 10.1. The number of thioether (sulfide) groups is 1.